The van der Waals surface area contributed by atoms with Crippen LogP contribution >= 0.6 is 11.6 Å². The fourth-order valence-electron chi connectivity index (χ4n) is 1.57. The van der Waals surface area contributed by atoms with Crippen LogP contribution in [0.15, 0.2) is 23.1 Å². The van der Waals surface area contributed by atoms with E-state index in [1.165, 1.54) is 18.2 Å². The van der Waals surface area contributed by atoms with Crippen molar-refractivity contribution in [3.8, 4) is 0 Å². The Hall–Kier alpha value is -1.27. The monoisotopic (exact) mass is 261 g/mol. The first-order chi connectivity index (χ1) is 7.43. The Morgan fingerprint density at radius 3 is 2.81 bits per heavy atom. The summed E-state index contributed by atoms with van der Waals surface area (Å²) in [5.74, 6) is -1.35. The van der Waals surface area contributed by atoms with Gasteiger partial charge in [-0.15, -0.1) is 0 Å². The molecule has 0 bridgehead atoms. The van der Waals surface area contributed by atoms with Crippen molar-refractivity contribution in [2.75, 3.05) is 11.9 Å². The number of fused-ring (bicyclic) bond motifs is 1. The predicted octanol–water partition coefficient (Wildman–Crippen LogP) is 0.992. The van der Waals surface area contributed by atoms with E-state index in [4.69, 9.17) is 16.7 Å². The van der Waals surface area contributed by atoms with Crippen molar-refractivity contribution in [1.29, 1.82) is 0 Å². The summed E-state index contributed by atoms with van der Waals surface area (Å²) >= 11 is 5.72. The largest absolute Gasteiger partial charge is 0.480 e. The molecular weight excluding hydrogens is 254 g/mol. The summed E-state index contributed by atoms with van der Waals surface area (Å²) in [7, 11) is -3.82. The molecule has 0 aliphatic carbocycles. The van der Waals surface area contributed by atoms with Crippen LogP contribution in [0.25, 0.3) is 0 Å². The van der Waals surface area contributed by atoms with Crippen molar-refractivity contribution in [1.82, 2.24) is 0 Å². The van der Waals surface area contributed by atoms with Crippen LogP contribution in [0.5, 0.6) is 0 Å². The summed E-state index contributed by atoms with van der Waals surface area (Å²) in [4.78, 5) is 10.8. The van der Waals surface area contributed by atoms with E-state index < -0.39 is 21.1 Å². The van der Waals surface area contributed by atoms with E-state index in [-0.39, 0.29) is 11.4 Å². The molecule has 1 heterocycles. The van der Waals surface area contributed by atoms with Crippen LogP contribution in [0.4, 0.5) is 5.69 Å². The molecule has 1 aliphatic rings. The number of carboxylic acids is 1. The van der Waals surface area contributed by atoms with E-state index in [1.54, 1.807) is 0 Å². The van der Waals surface area contributed by atoms with Gasteiger partial charge in [0.05, 0.1) is 10.6 Å². The predicted molar refractivity (Wildman–Crippen MR) is 58.6 cm³/mol. The fraction of sp³-hybridized carbons (Fsp3) is 0.222. The molecule has 0 spiro atoms. The lowest BCUT2D eigenvalue weighted by Gasteiger charge is -2.23. The second-order valence-corrected chi connectivity index (χ2v) is 5.93. The van der Waals surface area contributed by atoms with Crippen molar-refractivity contribution in [2.45, 2.75) is 10.1 Å². The highest BCUT2D eigenvalue weighted by atomic mass is 35.5. The molecule has 2 N–H and O–H groups in total. The topological polar surface area (TPSA) is 83.5 Å². The first-order valence-corrected chi connectivity index (χ1v) is 6.35. The van der Waals surface area contributed by atoms with Gasteiger partial charge in [-0.1, -0.05) is 11.6 Å². The maximum atomic E-state index is 11.9. The molecule has 16 heavy (non-hydrogen) atoms. The van der Waals surface area contributed by atoms with Crippen LogP contribution in [0.3, 0.4) is 0 Å². The molecule has 1 aliphatic heterocycles. The number of hydrogen-bond acceptors (Lipinski definition) is 4. The molecule has 2 rings (SSSR count). The molecule has 1 unspecified atom stereocenters. The van der Waals surface area contributed by atoms with Crippen LogP contribution in [0.2, 0.25) is 5.02 Å². The van der Waals surface area contributed by atoms with Gasteiger partial charge in [-0.3, -0.25) is 4.79 Å². The zero-order valence-corrected chi connectivity index (χ0v) is 9.55. The average Bonchev–Trinajstić information content (AvgIpc) is 2.15. The zero-order chi connectivity index (χ0) is 11.9. The van der Waals surface area contributed by atoms with Crippen molar-refractivity contribution in [3.05, 3.63) is 23.2 Å². The summed E-state index contributed by atoms with van der Waals surface area (Å²) in [6.07, 6.45) is 0. The van der Waals surface area contributed by atoms with E-state index in [2.05, 4.69) is 5.32 Å². The van der Waals surface area contributed by atoms with E-state index in [0.29, 0.717) is 10.7 Å². The van der Waals surface area contributed by atoms with Crippen molar-refractivity contribution < 1.29 is 18.3 Å². The van der Waals surface area contributed by atoms with E-state index in [1.807, 2.05) is 0 Å². The number of rotatable bonds is 1. The number of anilines is 1. The van der Waals surface area contributed by atoms with Gasteiger partial charge in [-0.05, 0) is 18.2 Å². The van der Waals surface area contributed by atoms with Crippen molar-refractivity contribution in [2.24, 2.45) is 0 Å². The van der Waals surface area contributed by atoms with Crippen LogP contribution < -0.4 is 5.32 Å². The quantitative estimate of drug-likeness (QED) is 0.788. The Morgan fingerprint density at radius 1 is 1.50 bits per heavy atom. The second-order valence-electron chi connectivity index (χ2n) is 3.39. The molecule has 0 saturated carbocycles. The van der Waals surface area contributed by atoms with Gasteiger partial charge in [0.2, 0.25) is 0 Å². The number of carbonyl (C=O) groups is 1. The molecule has 1 aromatic rings. The fourth-order valence-corrected chi connectivity index (χ4v) is 3.32. The molecule has 1 atom stereocenters. The highest BCUT2D eigenvalue weighted by molar-refractivity contribution is 7.93. The number of aliphatic carboxylic acids is 1. The first kappa shape index (κ1) is 11.2. The molecule has 5 nitrogen and oxygen atoms in total. The Morgan fingerprint density at radius 2 is 2.19 bits per heavy atom. The summed E-state index contributed by atoms with van der Waals surface area (Å²) < 4.78 is 23.8. The Kier molecular flexibility index (Phi) is 2.55. The van der Waals surface area contributed by atoms with Gasteiger partial charge in [0.15, 0.2) is 15.1 Å². The molecule has 1 aromatic carbocycles. The van der Waals surface area contributed by atoms with Crippen LogP contribution in [-0.4, -0.2) is 31.3 Å². The minimum absolute atomic E-state index is 0.0180. The minimum Gasteiger partial charge on any atom is -0.480 e. The number of hydrogen-bond donors (Lipinski definition) is 2. The van der Waals surface area contributed by atoms with Crippen LogP contribution in [-0.2, 0) is 14.6 Å². The van der Waals surface area contributed by atoms with Crippen molar-refractivity contribution in [3.63, 3.8) is 0 Å². The maximum absolute atomic E-state index is 11.9. The molecule has 0 aromatic heterocycles. The lowest BCUT2D eigenvalue weighted by Crippen LogP contribution is -2.40. The van der Waals surface area contributed by atoms with Gasteiger partial charge in [-0.25, -0.2) is 8.42 Å². The van der Waals surface area contributed by atoms with Crippen LogP contribution in [0, 0.1) is 0 Å². The summed E-state index contributed by atoms with van der Waals surface area (Å²) in [6, 6.07) is 4.20. The van der Waals surface area contributed by atoms with Gasteiger partial charge < -0.3 is 10.4 Å². The smallest absolute Gasteiger partial charge is 0.324 e. The van der Waals surface area contributed by atoms with Gasteiger partial charge >= 0.3 is 5.97 Å². The van der Waals surface area contributed by atoms with E-state index in [9.17, 15) is 13.2 Å². The van der Waals surface area contributed by atoms with Crippen LogP contribution in [0.1, 0.15) is 0 Å². The van der Waals surface area contributed by atoms with Gasteiger partial charge in [0.25, 0.3) is 0 Å². The lowest BCUT2D eigenvalue weighted by molar-refractivity contribution is -0.136. The standard InChI is InChI=1S/C9H8ClNO4S/c10-5-1-2-7-6(3-5)11-4-8(9(12)13)16(7,14)15/h1-3,8,11H,4H2,(H,12,13). The highest BCUT2D eigenvalue weighted by Crippen LogP contribution is 2.31. The number of nitrogens with one attached hydrogen (secondary N) is 1. The molecule has 0 radical (unpaired) electrons. The third-order valence-corrected chi connectivity index (χ3v) is 4.70. The minimum atomic E-state index is -3.82. The molecule has 0 amide bonds. The van der Waals surface area contributed by atoms with Gasteiger partial charge in [0, 0.05) is 11.6 Å². The maximum Gasteiger partial charge on any atom is 0.324 e. The molecule has 7 heteroatoms. The first-order valence-electron chi connectivity index (χ1n) is 4.43. The number of halogens is 1. The summed E-state index contributed by atoms with van der Waals surface area (Å²) in [5, 5.41) is 10.5. The Bertz CT molecular complexity index is 555. The zero-order valence-electron chi connectivity index (χ0n) is 7.97. The molecule has 86 valence electrons. The number of sulfone groups is 1. The lowest BCUT2D eigenvalue weighted by atomic mass is 10.3. The highest BCUT2D eigenvalue weighted by Gasteiger charge is 2.38. The average molecular weight is 262 g/mol. The SMILES string of the molecule is O=C(O)C1CNc2cc(Cl)ccc2S1(=O)=O. The second kappa shape index (κ2) is 3.64. The van der Waals surface area contributed by atoms with Gasteiger partial charge in [-0.2, -0.15) is 0 Å². The van der Waals surface area contributed by atoms with E-state index >= 15 is 0 Å². The Balaban J connectivity index is 2.60. The molecule has 0 saturated heterocycles. The third kappa shape index (κ3) is 1.64. The number of benzene rings is 1. The molecular formula is C9H8ClNO4S. The summed E-state index contributed by atoms with van der Waals surface area (Å²) in [5.41, 5.74) is 0.352. The molecule has 0 fully saturated rings. The van der Waals surface area contributed by atoms with Crippen molar-refractivity contribution >= 4 is 33.1 Å². The number of carboxylic acid groups (broad SMARTS) is 1. The van der Waals surface area contributed by atoms with E-state index in [0.717, 1.165) is 0 Å². The summed E-state index contributed by atoms with van der Waals surface area (Å²) in [6.45, 7) is -0.148. The normalized spacial score (nSPS) is 21.9. The van der Waals surface area contributed by atoms with Gasteiger partial charge in [0.1, 0.15) is 0 Å². The Labute approximate surface area is 97.0 Å². The third-order valence-electron chi connectivity index (χ3n) is 2.38.